The maximum absolute atomic E-state index is 14.7. The van der Waals surface area contributed by atoms with E-state index < -0.39 is 39.5 Å². The largest absolute Gasteiger partial charge is 0.431 e. The van der Waals surface area contributed by atoms with Crippen LogP contribution >= 0.6 is 15.9 Å². The summed E-state index contributed by atoms with van der Waals surface area (Å²) >= 11 is 2.99. The highest BCUT2D eigenvalue weighted by molar-refractivity contribution is 9.10. The van der Waals surface area contributed by atoms with Gasteiger partial charge in [0.15, 0.2) is 11.5 Å². The summed E-state index contributed by atoms with van der Waals surface area (Å²) in [4.78, 5) is 27.9. The number of aromatic nitrogens is 2. The van der Waals surface area contributed by atoms with Crippen LogP contribution in [0, 0.1) is 15.9 Å². The summed E-state index contributed by atoms with van der Waals surface area (Å²) in [6, 6.07) is 3.13. The fraction of sp³-hybridized carbons (Fsp3) is 0.238. The Morgan fingerprint density at radius 2 is 1.76 bits per heavy atom. The second kappa shape index (κ2) is 9.30. The number of rotatable bonds is 6. The maximum atomic E-state index is 14.7. The molecule has 0 unspecified atom stereocenters. The number of nitrogens with one attached hydrogen (secondary N) is 1. The summed E-state index contributed by atoms with van der Waals surface area (Å²) in [6.45, 7) is 3.68. The molecule has 0 aliphatic rings. The number of nitro benzene ring substituents is 1. The zero-order chi connectivity index (χ0) is 24.5. The number of halogens is 5. The van der Waals surface area contributed by atoms with E-state index in [1.54, 1.807) is 12.4 Å². The Labute approximate surface area is 193 Å². The van der Waals surface area contributed by atoms with Gasteiger partial charge in [0.25, 0.3) is 11.2 Å². The van der Waals surface area contributed by atoms with Gasteiger partial charge in [0.2, 0.25) is 0 Å². The molecule has 174 valence electrons. The van der Waals surface area contributed by atoms with Crippen LogP contribution in [0.1, 0.15) is 30.7 Å². The normalized spacial score (nSPS) is 11.5. The Kier molecular flexibility index (Phi) is 6.86. The number of aryl methyl sites for hydroxylation is 2. The van der Waals surface area contributed by atoms with Crippen molar-refractivity contribution >= 4 is 33.0 Å². The number of nitrogens with zero attached hydrogens (tertiary/aromatic N) is 3. The molecular weight excluding hydrogens is 512 g/mol. The minimum Gasteiger partial charge on any atom is -0.350 e. The van der Waals surface area contributed by atoms with E-state index in [2.05, 4.69) is 26.2 Å². The van der Waals surface area contributed by atoms with Crippen molar-refractivity contribution in [1.82, 2.24) is 9.55 Å². The van der Waals surface area contributed by atoms with Crippen molar-refractivity contribution in [2.75, 3.05) is 5.32 Å². The van der Waals surface area contributed by atoms with Crippen LogP contribution in [0.3, 0.4) is 0 Å². The Morgan fingerprint density at radius 1 is 1.15 bits per heavy atom. The lowest BCUT2D eigenvalue weighted by Crippen LogP contribution is -2.30. The Morgan fingerprint density at radius 3 is 2.27 bits per heavy atom. The Hall–Kier alpha value is -3.28. The van der Waals surface area contributed by atoms with Gasteiger partial charge in [-0.2, -0.15) is 13.2 Å². The maximum Gasteiger partial charge on any atom is 0.431 e. The summed E-state index contributed by atoms with van der Waals surface area (Å²) in [6.07, 6.45) is -0.988. The minimum absolute atomic E-state index is 0.0149. The summed E-state index contributed by atoms with van der Waals surface area (Å²) in [7, 11) is 0. The van der Waals surface area contributed by atoms with Crippen LogP contribution in [0.25, 0.3) is 5.69 Å². The van der Waals surface area contributed by atoms with Crippen LogP contribution in [0.2, 0.25) is 0 Å². The summed E-state index contributed by atoms with van der Waals surface area (Å²) in [5, 5.41) is 14.3. The number of nitro groups is 1. The van der Waals surface area contributed by atoms with Gasteiger partial charge < -0.3 is 5.32 Å². The van der Waals surface area contributed by atoms with Crippen LogP contribution in [0.4, 0.5) is 34.6 Å². The average Bonchev–Trinajstić information content (AvgIpc) is 2.75. The highest BCUT2D eigenvalue weighted by Crippen LogP contribution is 2.37. The molecule has 2 heterocycles. The van der Waals surface area contributed by atoms with E-state index in [0.717, 1.165) is 18.2 Å². The average molecular weight is 529 g/mol. The van der Waals surface area contributed by atoms with Gasteiger partial charge in [-0.05, 0) is 52.0 Å². The second-order valence-corrected chi connectivity index (χ2v) is 7.77. The molecule has 2 aromatic heterocycles. The van der Waals surface area contributed by atoms with Gasteiger partial charge in [-0.15, -0.1) is 0 Å². The van der Waals surface area contributed by atoms with E-state index in [1.165, 1.54) is 0 Å². The lowest BCUT2D eigenvalue weighted by molar-refractivity contribution is -0.384. The van der Waals surface area contributed by atoms with E-state index >= 15 is 0 Å². The number of benzene rings is 1. The molecule has 0 amide bonds. The lowest BCUT2D eigenvalue weighted by atomic mass is 10.1. The van der Waals surface area contributed by atoms with E-state index in [1.807, 2.05) is 13.8 Å². The van der Waals surface area contributed by atoms with Gasteiger partial charge in [-0.1, -0.05) is 19.9 Å². The molecule has 0 saturated carbocycles. The lowest BCUT2D eigenvalue weighted by Gasteiger charge is -2.20. The van der Waals surface area contributed by atoms with Crippen LogP contribution in [-0.4, -0.2) is 14.5 Å². The Bertz CT molecular complexity index is 1270. The monoisotopic (exact) mass is 528 g/mol. The van der Waals surface area contributed by atoms with E-state index in [0.29, 0.717) is 35.7 Å². The van der Waals surface area contributed by atoms with Gasteiger partial charge in [-0.25, -0.2) is 4.39 Å². The van der Waals surface area contributed by atoms with Gasteiger partial charge in [0, 0.05) is 28.6 Å². The third-order valence-electron chi connectivity index (χ3n) is 4.95. The minimum atomic E-state index is -5.11. The first-order chi connectivity index (χ1) is 15.5. The second-order valence-electron chi connectivity index (χ2n) is 6.92. The fourth-order valence-electron chi connectivity index (χ4n) is 3.37. The molecule has 0 aliphatic heterocycles. The summed E-state index contributed by atoms with van der Waals surface area (Å²) in [5.74, 6) is -1.35. The number of alkyl halides is 3. The van der Waals surface area contributed by atoms with Crippen molar-refractivity contribution in [1.29, 1.82) is 0 Å². The molecule has 0 fully saturated rings. The molecule has 3 aromatic rings. The number of pyridine rings is 2. The third-order valence-corrected chi connectivity index (χ3v) is 5.58. The van der Waals surface area contributed by atoms with Crippen LogP contribution in [0.5, 0.6) is 0 Å². The fourth-order valence-corrected chi connectivity index (χ4v) is 3.86. The number of hydrogen-bond donors (Lipinski definition) is 1. The zero-order valence-electron chi connectivity index (χ0n) is 17.3. The quantitative estimate of drug-likeness (QED) is 0.243. The molecule has 1 N–H and O–H groups in total. The van der Waals surface area contributed by atoms with Crippen molar-refractivity contribution < 1.29 is 22.5 Å². The predicted molar refractivity (Wildman–Crippen MR) is 118 cm³/mol. The smallest absolute Gasteiger partial charge is 0.350 e. The van der Waals surface area contributed by atoms with Crippen LogP contribution in [-0.2, 0) is 19.0 Å². The molecule has 0 bridgehead atoms. The molecule has 7 nitrogen and oxygen atoms in total. The van der Waals surface area contributed by atoms with Gasteiger partial charge >= 0.3 is 6.18 Å². The standard InChI is InChI=1S/C21H17BrF4N4O3/c1-3-11-9-27-10-12(4-2)17(11)28-18-13(22)8-16(21(24,25)26)29(20(18)31)19-14(23)6-5-7-15(19)30(32)33/h5-10H,3-4H2,1-2H3,(H,27,28). The van der Waals surface area contributed by atoms with E-state index in [4.69, 9.17) is 0 Å². The molecule has 12 heteroatoms. The first-order valence-electron chi connectivity index (χ1n) is 9.70. The predicted octanol–water partition coefficient (Wildman–Crippen LogP) is 5.93. The summed E-state index contributed by atoms with van der Waals surface area (Å²) in [5.41, 5.74) is -3.43. The van der Waals surface area contributed by atoms with Crippen LogP contribution < -0.4 is 10.9 Å². The van der Waals surface area contributed by atoms with Gasteiger partial charge in [0.1, 0.15) is 11.4 Å². The van der Waals surface area contributed by atoms with Crippen molar-refractivity contribution in [3.05, 3.63) is 84.2 Å². The highest BCUT2D eigenvalue weighted by Gasteiger charge is 2.39. The molecule has 0 atom stereocenters. The molecular formula is C21H17BrF4N4O3. The highest BCUT2D eigenvalue weighted by atomic mass is 79.9. The van der Waals surface area contributed by atoms with Crippen molar-refractivity contribution in [3.63, 3.8) is 0 Å². The zero-order valence-corrected chi connectivity index (χ0v) is 18.9. The van der Waals surface area contributed by atoms with Gasteiger partial charge in [-0.3, -0.25) is 24.5 Å². The molecule has 3 rings (SSSR count). The molecule has 33 heavy (non-hydrogen) atoms. The number of anilines is 2. The van der Waals surface area contributed by atoms with Crippen molar-refractivity contribution in [2.45, 2.75) is 32.9 Å². The topological polar surface area (TPSA) is 90.1 Å². The molecule has 0 saturated heterocycles. The van der Waals surface area contributed by atoms with Crippen LogP contribution in [0.15, 0.2) is 45.9 Å². The number of para-hydroxylation sites is 1. The van der Waals surface area contributed by atoms with E-state index in [-0.39, 0.29) is 14.7 Å². The number of hydrogen-bond acceptors (Lipinski definition) is 5. The summed E-state index contributed by atoms with van der Waals surface area (Å²) < 4.78 is 56.0. The van der Waals surface area contributed by atoms with Gasteiger partial charge in [0.05, 0.1) is 4.92 Å². The molecule has 0 spiro atoms. The molecule has 0 aliphatic carbocycles. The first kappa shape index (κ1) is 24.4. The molecule has 0 radical (unpaired) electrons. The Balaban J connectivity index is 2.40. The molecule has 1 aromatic carbocycles. The SMILES string of the molecule is CCc1cncc(CC)c1Nc1c(Br)cc(C(F)(F)F)n(-c2c(F)cccc2[N+](=O)[O-])c1=O. The van der Waals surface area contributed by atoms with E-state index in [9.17, 15) is 32.5 Å². The third kappa shape index (κ3) is 4.61. The van der Waals surface area contributed by atoms with Crippen molar-refractivity contribution in [2.24, 2.45) is 0 Å². The van der Waals surface area contributed by atoms with Crippen molar-refractivity contribution in [3.8, 4) is 5.69 Å². The first-order valence-corrected chi connectivity index (χ1v) is 10.5.